The van der Waals surface area contributed by atoms with Gasteiger partial charge in [0.25, 0.3) is 11.5 Å². The number of fused-ring (bicyclic) bond motifs is 1. The zero-order valence-electron chi connectivity index (χ0n) is 18.3. The normalized spacial score (nSPS) is 12.1. The van der Waals surface area contributed by atoms with Gasteiger partial charge < -0.3 is 14.9 Å². The molecule has 0 aliphatic carbocycles. The fourth-order valence-corrected chi connectivity index (χ4v) is 4.32. The summed E-state index contributed by atoms with van der Waals surface area (Å²) >= 11 is 1.68. The number of thioether (sulfide) groups is 1. The fourth-order valence-electron chi connectivity index (χ4n) is 3.85. The smallest absolute Gasteiger partial charge is 0.254 e. The Labute approximate surface area is 190 Å². The van der Waals surface area contributed by atoms with Crippen LogP contribution < -0.4 is 10.9 Å². The molecule has 0 fully saturated rings. The van der Waals surface area contributed by atoms with E-state index < -0.39 is 6.04 Å². The first kappa shape index (κ1) is 21.8. The average Bonchev–Trinajstić information content (AvgIpc) is 3.07. The van der Waals surface area contributed by atoms with Crippen LogP contribution in [0.1, 0.15) is 34.2 Å². The second-order valence-corrected chi connectivity index (χ2v) is 8.56. The van der Waals surface area contributed by atoms with Crippen LogP contribution in [0.15, 0.2) is 59.5 Å². The van der Waals surface area contributed by atoms with E-state index in [9.17, 15) is 9.59 Å². The standard InChI is InChI=1S/C24H25N5O2S/c1-15-22(16-8-4-5-10-20(16)29(15)2)24(31)27-17(11-13-32-3)19-14-21(30)28-23(26-19)18-9-6-7-12-25-18/h4-10,12,14,17H,11,13H2,1-3H3,(H,27,31)(H,26,28,30). The molecule has 8 heteroatoms. The number of amides is 1. The molecular formula is C24H25N5O2S. The highest BCUT2D eigenvalue weighted by Gasteiger charge is 2.23. The topological polar surface area (TPSA) is 92.7 Å². The van der Waals surface area contributed by atoms with E-state index in [2.05, 4.69) is 20.3 Å². The van der Waals surface area contributed by atoms with E-state index in [4.69, 9.17) is 0 Å². The second kappa shape index (κ2) is 9.40. The molecule has 7 nitrogen and oxygen atoms in total. The molecule has 0 aliphatic heterocycles. The molecule has 0 spiro atoms. The summed E-state index contributed by atoms with van der Waals surface area (Å²) < 4.78 is 2.02. The highest BCUT2D eigenvalue weighted by molar-refractivity contribution is 7.98. The SMILES string of the molecule is CSCCC(NC(=O)c1c(C)n(C)c2ccccc12)c1cc(=O)[nH]c(-c2ccccn2)n1. The summed E-state index contributed by atoms with van der Waals surface area (Å²) in [7, 11) is 1.96. The predicted octanol–water partition coefficient (Wildman–Crippen LogP) is 3.86. The van der Waals surface area contributed by atoms with Gasteiger partial charge in [0.1, 0.15) is 5.69 Å². The van der Waals surface area contributed by atoms with Crippen molar-refractivity contribution < 1.29 is 4.79 Å². The Morgan fingerprint density at radius 1 is 1.22 bits per heavy atom. The number of rotatable bonds is 7. The van der Waals surface area contributed by atoms with E-state index in [1.54, 1.807) is 30.1 Å². The monoisotopic (exact) mass is 447 g/mol. The Kier molecular flexibility index (Phi) is 6.41. The van der Waals surface area contributed by atoms with Crippen LogP contribution >= 0.6 is 11.8 Å². The number of hydrogen-bond acceptors (Lipinski definition) is 5. The largest absolute Gasteiger partial charge is 0.347 e. The Balaban J connectivity index is 1.72. The van der Waals surface area contributed by atoms with Crippen LogP contribution in [-0.4, -0.2) is 37.4 Å². The molecule has 1 aromatic carbocycles. The lowest BCUT2D eigenvalue weighted by molar-refractivity contribution is 0.0935. The van der Waals surface area contributed by atoms with Gasteiger partial charge in [0, 0.05) is 35.9 Å². The molecule has 0 bridgehead atoms. The van der Waals surface area contributed by atoms with Crippen molar-refractivity contribution in [1.29, 1.82) is 0 Å². The van der Waals surface area contributed by atoms with Crippen molar-refractivity contribution in [2.24, 2.45) is 7.05 Å². The number of aryl methyl sites for hydroxylation is 1. The van der Waals surface area contributed by atoms with Crippen LogP contribution in [-0.2, 0) is 7.05 Å². The van der Waals surface area contributed by atoms with Gasteiger partial charge in [0.05, 0.1) is 17.3 Å². The highest BCUT2D eigenvalue weighted by atomic mass is 32.2. The summed E-state index contributed by atoms with van der Waals surface area (Å²) in [5, 5.41) is 4.04. The molecule has 3 aromatic heterocycles. The number of carbonyl (C=O) groups is 1. The van der Waals surface area contributed by atoms with Gasteiger partial charge in [-0.25, -0.2) is 4.98 Å². The summed E-state index contributed by atoms with van der Waals surface area (Å²) in [6.45, 7) is 1.94. The first-order valence-corrected chi connectivity index (χ1v) is 11.8. The number of aromatic amines is 1. The van der Waals surface area contributed by atoms with Crippen molar-refractivity contribution in [3.8, 4) is 11.5 Å². The van der Waals surface area contributed by atoms with Crippen molar-refractivity contribution in [2.75, 3.05) is 12.0 Å². The van der Waals surface area contributed by atoms with Crippen molar-refractivity contribution in [3.05, 3.63) is 82.0 Å². The van der Waals surface area contributed by atoms with Crippen molar-refractivity contribution >= 4 is 28.6 Å². The summed E-state index contributed by atoms with van der Waals surface area (Å²) in [5.41, 5.74) is 3.36. The first-order chi connectivity index (χ1) is 15.5. The third-order valence-electron chi connectivity index (χ3n) is 5.57. The highest BCUT2D eigenvalue weighted by Crippen LogP contribution is 2.26. The third kappa shape index (κ3) is 4.31. The van der Waals surface area contributed by atoms with Gasteiger partial charge in [-0.05, 0) is 43.6 Å². The molecule has 32 heavy (non-hydrogen) atoms. The van der Waals surface area contributed by atoms with Crippen molar-refractivity contribution in [3.63, 3.8) is 0 Å². The number of hydrogen-bond donors (Lipinski definition) is 2. The number of para-hydroxylation sites is 1. The molecule has 0 saturated carbocycles. The van der Waals surface area contributed by atoms with Gasteiger partial charge in [0.2, 0.25) is 0 Å². The lowest BCUT2D eigenvalue weighted by Gasteiger charge is -2.19. The van der Waals surface area contributed by atoms with Gasteiger partial charge in [-0.15, -0.1) is 0 Å². The zero-order valence-corrected chi connectivity index (χ0v) is 19.1. The molecule has 4 rings (SSSR count). The first-order valence-electron chi connectivity index (χ1n) is 10.4. The molecule has 1 atom stereocenters. The minimum Gasteiger partial charge on any atom is -0.347 e. The number of benzene rings is 1. The summed E-state index contributed by atoms with van der Waals surface area (Å²) in [4.78, 5) is 37.5. The van der Waals surface area contributed by atoms with E-state index in [0.29, 0.717) is 29.2 Å². The molecule has 1 unspecified atom stereocenters. The van der Waals surface area contributed by atoms with Crippen LogP contribution in [0.5, 0.6) is 0 Å². The summed E-state index contributed by atoms with van der Waals surface area (Å²) in [6.07, 6.45) is 4.31. The molecule has 0 radical (unpaired) electrons. The van der Waals surface area contributed by atoms with Crippen LogP contribution in [0.3, 0.4) is 0 Å². The molecular weight excluding hydrogens is 422 g/mol. The minimum atomic E-state index is -0.405. The van der Waals surface area contributed by atoms with Gasteiger partial charge in [-0.3, -0.25) is 14.6 Å². The Hall–Kier alpha value is -3.39. The number of pyridine rings is 1. The molecule has 0 aliphatic rings. The van der Waals surface area contributed by atoms with E-state index in [0.717, 1.165) is 22.3 Å². The minimum absolute atomic E-state index is 0.174. The Morgan fingerprint density at radius 3 is 2.75 bits per heavy atom. The number of H-pyrrole nitrogens is 1. The molecule has 2 N–H and O–H groups in total. The number of carbonyl (C=O) groups excluding carboxylic acids is 1. The van der Waals surface area contributed by atoms with Crippen LogP contribution in [0.25, 0.3) is 22.4 Å². The third-order valence-corrected chi connectivity index (χ3v) is 6.21. The average molecular weight is 448 g/mol. The van der Waals surface area contributed by atoms with Crippen molar-refractivity contribution in [2.45, 2.75) is 19.4 Å². The molecule has 164 valence electrons. The van der Waals surface area contributed by atoms with E-state index in [1.807, 2.05) is 55.1 Å². The number of nitrogens with one attached hydrogen (secondary N) is 2. The molecule has 3 heterocycles. The lowest BCUT2D eigenvalue weighted by Crippen LogP contribution is -2.31. The molecule has 0 saturated heterocycles. The maximum atomic E-state index is 13.4. The summed E-state index contributed by atoms with van der Waals surface area (Å²) in [6, 6.07) is 14.3. The van der Waals surface area contributed by atoms with E-state index in [-0.39, 0.29) is 11.5 Å². The van der Waals surface area contributed by atoms with Crippen molar-refractivity contribution in [1.82, 2.24) is 24.8 Å². The number of aromatic nitrogens is 4. The van der Waals surface area contributed by atoms with Crippen LogP contribution in [0.4, 0.5) is 0 Å². The lowest BCUT2D eigenvalue weighted by atomic mass is 10.1. The molecule has 1 amide bonds. The maximum Gasteiger partial charge on any atom is 0.254 e. The maximum absolute atomic E-state index is 13.4. The Morgan fingerprint density at radius 2 is 2.00 bits per heavy atom. The van der Waals surface area contributed by atoms with Gasteiger partial charge in [-0.1, -0.05) is 24.3 Å². The fraction of sp³-hybridized carbons (Fsp3) is 0.250. The quantitative estimate of drug-likeness (QED) is 0.449. The predicted molar refractivity (Wildman–Crippen MR) is 129 cm³/mol. The van der Waals surface area contributed by atoms with Gasteiger partial charge in [-0.2, -0.15) is 11.8 Å². The van der Waals surface area contributed by atoms with E-state index >= 15 is 0 Å². The van der Waals surface area contributed by atoms with Gasteiger partial charge >= 0.3 is 0 Å². The Bertz CT molecular complexity index is 1310. The second-order valence-electron chi connectivity index (χ2n) is 7.58. The zero-order chi connectivity index (χ0) is 22.7. The molecule has 4 aromatic rings. The van der Waals surface area contributed by atoms with E-state index in [1.165, 1.54) is 6.07 Å². The van der Waals surface area contributed by atoms with Gasteiger partial charge in [0.15, 0.2) is 5.82 Å². The van der Waals surface area contributed by atoms with Crippen LogP contribution in [0.2, 0.25) is 0 Å². The van der Waals surface area contributed by atoms with Crippen LogP contribution in [0, 0.1) is 6.92 Å². The summed E-state index contributed by atoms with van der Waals surface area (Å²) in [5.74, 6) is 1.03. The number of nitrogens with zero attached hydrogens (tertiary/aromatic N) is 3.